The van der Waals surface area contributed by atoms with E-state index in [-0.39, 0.29) is 11.6 Å². The molecule has 2 saturated heterocycles. The van der Waals surface area contributed by atoms with Gasteiger partial charge >= 0.3 is 0 Å². The van der Waals surface area contributed by atoms with Crippen LogP contribution in [0.15, 0.2) is 36.9 Å². The summed E-state index contributed by atoms with van der Waals surface area (Å²) in [6, 6.07) is 3.90. The van der Waals surface area contributed by atoms with Gasteiger partial charge in [-0.2, -0.15) is 0 Å². The first kappa shape index (κ1) is 14.3. The standard InChI is InChI=1S/C16H20N6O/c1-4-16(12-22(9-1)15-19-7-3-8-20-15)10-13(11-23-16)21-14-17-5-2-6-18-14/h2-3,5-8,13H,1,4,9-12H2,(H,17,18,21). The number of hydrogen-bond donors (Lipinski definition) is 1. The van der Waals surface area contributed by atoms with Crippen LogP contribution in [0.1, 0.15) is 19.3 Å². The maximum Gasteiger partial charge on any atom is 0.225 e. The van der Waals surface area contributed by atoms with Crippen LogP contribution in [0.2, 0.25) is 0 Å². The molecule has 0 aliphatic carbocycles. The molecule has 2 fully saturated rings. The Morgan fingerprint density at radius 3 is 2.61 bits per heavy atom. The Morgan fingerprint density at radius 1 is 1.09 bits per heavy atom. The predicted molar refractivity (Wildman–Crippen MR) is 86.2 cm³/mol. The summed E-state index contributed by atoms with van der Waals surface area (Å²) in [7, 11) is 0. The Morgan fingerprint density at radius 2 is 1.83 bits per heavy atom. The second-order valence-corrected chi connectivity index (χ2v) is 6.19. The molecule has 120 valence electrons. The maximum absolute atomic E-state index is 6.20. The summed E-state index contributed by atoms with van der Waals surface area (Å²) >= 11 is 0. The first-order chi connectivity index (χ1) is 11.3. The monoisotopic (exact) mass is 312 g/mol. The van der Waals surface area contributed by atoms with Gasteiger partial charge in [0.15, 0.2) is 0 Å². The fourth-order valence-electron chi connectivity index (χ4n) is 3.50. The zero-order chi connectivity index (χ0) is 15.5. The molecule has 0 radical (unpaired) electrons. The second kappa shape index (κ2) is 6.08. The zero-order valence-corrected chi connectivity index (χ0v) is 12.9. The van der Waals surface area contributed by atoms with Crippen LogP contribution in [-0.2, 0) is 4.74 Å². The van der Waals surface area contributed by atoms with Crippen LogP contribution in [0.4, 0.5) is 11.9 Å². The van der Waals surface area contributed by atoms with Crippen molar-refractivity contribution in [3.8, 4) is 0 Å². The van der Waals surface area contributed by atoms with E-state index in [0.717, 1.165) is 38.3 Å². The summed E-state index contributed by atoms with van der Waals surface area (Å²) < 4.78 is 6.20. The van der Waals surface area contributed by atoms with Crippen molar-refractivity contribution in [3.05, 3.63) is 36.9 Å². The molecule has 23 heavy (non-hydrogen) atoms. The number of piperidine rings is 1. The predicted octanol–water partition coefficient (Wildman–Crippen LogP) is 1.51. The van der Waals surface area contributed by atoms with Crippen molar-refractivity contribution in [2.45, 2.75) is 30.9 Å². The first-order valence-corrected chi connectivity index (χ1v) is 8.03. The van der Waals surface area contributed by atoms with Crippen molar-refractivity contribution in [1.29, 1.82) is 0 Å². The summed E-state index contributed by atoms with van der Waals surface area (Å²) in [5.74, 6) is 1.45. The molecule has 7 heteroatoms. The van der Waals surface area contributed by atoms with Gasteiger partial charge in [0.2, 0.25) is 11.9 Å². The lowest BCUT2D eigenvalue weighted by molar-refractivity contribution is -0.00668. The molecule has 0 bridgehead atoms. The molecule has 2 atom stereocenters. The van der Waals surface area contributed by atoms with Crippen LogP contribution in [0.25, 0.3) is 0 Å². The summed E-state index contributed by atoms with van der Waals surface area (Å²) in [6.45, 7) is 2.50. The molecular weight excluding hydrogens is 292 g/mol. The molecular formula is C16H20N6O. The van der Waals surface area contributed by atoms with Crippen LogP contribution >= 0.6 is 0 Å². The zero-order valence-electron chi connectivity index (χ0n) is 12.9. The van der Waals surface area contributed by atoms with Crippen LogP contribution in [0.5, 0.6) is 0 Å². The molecule has 4 rings (SSSR count). The van der Waals surface area contributed by atoms with E-state index in [9.17, 15) is 0 Å². The Labute approximate surface area is 135 Å². The van der Waals surface area contributed by atoms with E-state index in [1.54, 1.807) is 24.8 Å². The van der Waals surface area contributed by atoms with Crippen LogP contribution < -0.4 is 10.2 Å². The number of aromatic nitrogens is 4. The molecule has 2 aromatic heterocycles. The number of nitrogens with one attached hydrogen (secondary N) is 1. The highest BCUT2D eigenvalue weighted by atomic mass is 16.5. The fraction of sp³-hybridized carbons (Fsp3) is 0.500. The molecule has 1 N–H and O–H groups in total. The highest BCUT2D eigenvalue weighted by molar-refractivity contribution is 5.32. The summed E-state index contributed by atoms with van der Waals surface area (Å²) in [6.07, 6.45) is 10.2. The van der Waals surface area contributed by atoms with Crippen LogP contribution in [-0.4, -0.2) is 51.3 Å². The average molecular weight is 312 g/mol. The van der Waals surface area contributed by atoms with Gasteiger partial charge in [0, 0.05) is 44.3 Å². The van der Waals surface area contributed by atoms with E-state index in [2.05, 4.69) is 30.2 Å². The van der Waals surface area contributed by atoms with Crippen molar-refractivity contribution >= 4 is 11.9 Å². The molecule has 7 nitrogen and oxygen atoms in total. The van der Waals surface area contributed by atoms with E-state index >= 15 is 0 Å². The third-order valence-corrected chi connectivity index (χ3v) is 4.48. The lowest BCUT2D eigenvalue weighted by Gasteiger charge is -2.39. The van der Waals surface area contributed by atoms with E-state index < -0.39 is 0 Å². The van der Waals surface area contributed by atoms with Crippen LogP contribution in [0, 0.1) is 0 Å². The van der Waals surface area contributed by atoms with Crippen LogP contribution in [0.3, 0.4) is 0 Å². The smallest absolute Gasteiger partial charge is 0.225 e. The third kappa shape index (κ3) is 3.10. The largest absolute Gasteiger partial charge is 0.371 e. The van der Waals surface area contributed by atoms with Gasteiger partial charge in [-0.3, -0.25) is 0 Å². The molecule has 4 heterocycles. The summed E-state index contributed by atoms with van der Waals surface area (Å²) in [5.41, 5.74) is -0.121. The molecule has 2 aliphatic heterocycles. The number of rotatable bonds is 3. The number of anilines is 2. The first-order valence-electron chi connectivity index (χ1n) is 8.03. The molecule has 2 unspecified atom stereocenters. The van der Waals surface area contributed by atoms with Gasteiger partial charge in [-0.25, -0.2) is 19.9 Å². The van der Waals surface area contributed by atoms with Gasteiger partial charge in [0.1, 0.15) is 0 Å². The Bertz CT molecular complexity index is 640. The van der Waals surface area contributed by atoms with Crippen molar-refractivity contribution in [1.82, 2.24) is 19.9 Å². The molecule has 0 amide bonds. The summed E-state index contributed by atoms with van der Waals surface area (Å²) in [5, 5.41) is 3.37. The molecule has 2 aromatic rings. The molecule has 0 saturated carbocycles. The Kier molecular flexibility index (Phi) is 3.78. The lowest BCUT2D eigenvalue weighted by Crippen LogP contribution is -2.48. The fourth-order valence-corrected chi connectivity index (χ4v) is 3.50. The summed E-state index contributed by atoms with van der Waals surface area (Å²) in [4.78, 5) is 19.4. The topological polar surface area (TPSA) is 76.1 Å². The quantitative estimate of drug-likeness (QED) is 0.920. The highest BCUT2D eigenvalue weighted by Crippen LogP contribution is 2.36. The lowest BCUT2D eigenvalue weighted by atomic mass is 9.89. The third-order valence-electron chi connectivity index (χ3n) is 4.48. The minimum atomic E-state index is -0.121. The van der Waals surface area contributed by atoms with Gasteiger partial charge in [-0.1, -0.05) is 0 Å². The molecule has 2 aliphatic rings. The maximum atomic E-state index is 6.20. The van der Waals surface area contributed by atoms with E-state index in [1.165, 1.54) is 0 Å². The van der Waals surface area contributed by atoms with E-state index in [0.29, 0.717) is 12.6 Å². The number of ether oxygens (including phenoxy) is 1. The van der Waals surface area contributed by atoms with Gasteiger partial charge in [0.25, 0.3) is 0 Å². The molecule has 0 aromatic carbocycles. The van der Waals surface area contributed by atoms with Gasteiger partial charge in [-0.05, 0) is 25.0 Å². The minimum absolute atomic E-state index is 0.121. The van der Waals surface area contributed by atoms with E-state index in [4.69, 9.17) is 4.74 Å². The van der Waals surface area contributed by atoms with Gasteiger partial charge in [0.05, 0.1) is 18.2 Å². The number of nitrogens with zero attached hydrogens (tertiary/aromatic N) is 5. The minimum Gasteiger partial charge on any atom is -0.371 e. The Hall–Kier alpha value is -2.28. The van der Waals surface area contributed by atoms with Crippen molar-refractivity contribution < 1.29 is 4.74 Å². The normalized spacial score (nSPS) is 27.3. The van der Waals surface area contributed by atoms with Gasteiger partial charge in [-0.15, -0.1) is 0 Å². The van der Waals surface area contributed by atoms with Crippen molar-refractivity contribution in [2.24, 2.45) is 0 Å². The Balaban J connectivity index is 1.43. The average Bonchev–Trinajstić information content (AvgIpc) is 2.98. The second-order valence-electron chi connectivity index (χ2n) is 6.19. The number of hydrogen-bond acceptors (Lipinski definition) is 7. The van der Waals surface area contributed by atoms with Crippen molar-refractivity contribution in [3.63, 3.8) is 0 Å². The highest BCUT2D eigenvalue weighted by Gasteiger charge is 2.44. The van der Waals surface area contributed by atoms with Crippen molar-refractivity contribution in [2.75, 3.05) is 29.9 Å². The van der Waals surface area contributed by atoms with E-state index in [1.807, 2.05) is 12.1 Å². The SMILES string of the molecule is c1cnc(NC2COC3(CCCN(c4ncccn4)C3)C2)nc1. The van der Waals surface area contributed by atoms with Gasteiger partial charge < -0.3 is 15.0 Å². The molecule has 1 spiro atoms.